The number of ether oxygens (including phenoxy) is 1. The molecular weight excluding hydrogens is 126 g/mol. The Morgan fingerprint density at radius 3 is 2.50 bits per heavy atom. The van der Waals surface area contributed by atoms with Gasteiger partial charge in [0.1, 0.15) is 0 Å². The van der Waals surface area contributed by atoms with Gasteiger partial charge in [0.2, 0.25) is 0 Å². The number of hydrogen-bond acceptors (Lipinski definition) is 2. The summed E-state index contributed by atoms with van der Waals surface area (Å²) < 4.78 is 5.24. The van der Waals surface area contributed by atoms with E-state index in [2.05, 4.69) is 12.2 Å². The van der Waals surface area contributed by atoms with Crippen molar-refractivity contribution in [3.8, 4) is 0 Å². The second-order valence-electron chi connectivity index (χ2n) is 3.73. The van der Waals surface area contributed by atoms with E-state index in [-0.39, 0.29) is 0 Å². The van der Waals surface area contributed by atoms with Crippen molar-refractivity contribution in [2.45, 2.75) is 31.9 Å². The van der Waals surface area contributed by atoms with Crippen LogP contribution in [0.3, 0.4) is 0 Å². The number of methoxy groups -OCH3 is 1. The fourth-order valence-electron chi connectivity index (χ4n) is 2.11. The maximum Gasteiger partial charge on any atom is 0.0584 e. The van der Waals surface area contributed by atoms with E-state index < -0.39 is 0 Å². The second-order valence-corrected chi connectivity index (χ2v) is 3.73. The van der Waals surface area contributed by atoms with Crippen LogP contribution in [0.2, 0.25) is 0 Å². The van der Waals surface area contributed by atoms with Gasteiger partial charge in [0, 0.05) is 25.1 Å². The Kier molecular flexibility index (Phi) is 1.29. The smallest absolute Gasteiger partial charge is 0.0584 e. The molecule has 1 saturated heterocycles. The molecule has 0 amide bonds. The van der Waals surface area contributed by atoms with Crippen molar-refractivity contribution in [2.24, 2.45) is 5.41 Å². The fourth-order valence-corrected chi connectivity index (χ4v) is 2.11. The van der Waals surface area contributed by atoms with E-state index in [1.807, 2.05) is 7.11 Å². The van der Waals surface area contributed by atoms with E-state index >= 15 is 0 Å². The molecule has 10 heavy (non-hydrogen) atoms. The molecular formula is C8H15NO. The van der Waals surface area contributed by atoms with Crippen LogP contribution in [0.25, 0.3) is 0 Å². The van der Waals surface area contributed by atoms with Crippen molar-refractivity contribution >= 4 is 0 Å². The van der Waals surface area contributed by atoms with Gasteiger partial charge in [0.05, 0.1) is 6.10 Å². The third-order valence-electron chi connectivity index (χ3n) is 3.28. The Balaban J connectivity index is 1.88. The summed E-state index contributed by atoms with van der Waals surface area (Å²) in [7, 11) is 1.81. The summed E-state index contributed by atoms with van der Waals surface area (Å²) in [6, 6.07) is 0.735. The van der Waals surface area contributed by atoms with Gasteiger partial charge in [-0.3, -0.25) is 0 Å². The molecule has 2 heteroatoms. The summed E-state index contributed by atoms with van der Waals surface area (Å²) in [6.07, 6.45) is 3.11. The molecule has 0 bridgehead atoms. The molecule has 1 saturated carbocycles. The summed E-state index contributed by atoms with van der Waals surface area (Å²) in [5.41, 5.74) is 0.640. The molecule has 1 aliphatic heterocycles. The molecule has 1 aliphatic carbocycles. The van der Waals surface area contributed by atoms with Crippen LogP contribution < -0.4 is 5.32 Å². The minimum Gasteiger partial charge on any atom is -0.381 e. The van der Waals surface area contributed by atoms with Crippen LogP contribution >= 0.6 is 0 Å². The first-order valence-electron chi connectivity index (χ1n) is 4.03. The molecule has 58 valence electrons. The van der Waals surface area contributed by atoms with Crippen molar-refractivity contribution in [3.05, 3.63) is 0 Å². The van der Waals surface area contributed by atoms with Gasteiger partial charge in [-0.1, -0.05) is 0 Å². The zero-order valence-electron chi connectivity index (χ0n) is 6.68. The molecule has 2 nitrogen and oxygen atoms in total. The number of rotatable bonds is 1. The van der Waals surface area contributed by atoms with Gasteiger partial charge in [0.25, 0.3) is 0 Å². The van der Waals surface area contributed by atoms with Gasteiger partial charge in [-0.15, -0.1) is 0 Å². The molecule has 0 aromatic rings. The average molecular weight is 141 g/mol. The Hall–Kier alpha value is -0.0800. The van der Waals surface area contributed by atoms with Crippen LogP contribution in [0.4, 0.5) is 0 Å². The van der Waals surface area contributed by atoms with E-state index in [1.54, 1.807) is 0 Å². The predicted octanol–water partition coefficient (Wildman–Crippen LogP) is 0.773. The second kappa shape index (κ2) is 1.95. The van der Waals surface area contributed by atoms with Gasteiger partial charge in [-0.2, -0.15) is 0 Å². The van der Waals surface area contributed by atoms with Crippen LogP contribution in [0, 0.1) is 5.41 Å². The van der Waals surface area contributed by atoms with Crippen molar-refractivity contribution in [3.63, 3.8) is 0 Å². The van der Waals surface area contributed by atoms with Gasteiger partial charge < -0.3 is 10.1 Å². The van der Waals surface area contributed by atoms with Gasteiger partial charge in [-0.25, -0.2) is 0 Å². The van der Waals surface area contributed by atoms with Crippen LogP contribution in [-0.2, 0) is 4.74 Å². The van der Waals surface area contributed by atoms with E-state index in [0.29, 0.717) is 11.5 Å². The minimum atomic E-state index is 0.560. The molecule has 2 rings (SSSR count). The van der Waals surface area contributed by atoms with Crippen molar-refractivity contribution in [2.75, 3.05) is 13.7 Å². The topological polar surface area (TPSA) is 21.3 Å². The van der Waals surface area contributed by atoms with Crippen molar-refractivity contribution in [1.82, 2.24) is 5.32 Å². The quantitative estimate of drug-likeness (QED) is 0.582. The molecule has 2 fully saturated rings. The largest absolute Gasteiger partial charge is 0.381 e. The van der Waals surface area contributed by atoms with E-state index in [4.69, 9.17) is 4.74 Å². The molecule has 1 N–H and O–H groups in total. The lowest BCUT2D eigenvalue weighted by molar-refractivity contribution is -0.110. The summed E-state index contributed by atoms with van der Waals surface area (Å²) in [5.74, 6) is 0. The van der Waals surface area contributed by atoms with Crippen molar-refractivity contribution < 1.29 is 4.74 Å². The Labute approximate surface area is 61.9 Å². The lowest BCUT2D eigenvalue weighted by Crippen LogP contribution is -2.67. The summed E-state index contributed by atoms with van der Waals surface area (Å²) >= 11 is 0. The molecule has 1 spiro atoms. The highest BCUT2D eigenvalue weighted by molar-refractivity contribution is 5.08. The van der Waals surface area contributed by atoms with E-state index in [1.165, 1.54) is 19.4 Å². The monoisotopic (exact) mass is 141 g/mol. The number of hydrogen-bond donors (Lipinski definition) is 1. The normalized spacial score (nSPS) is 52.2. The lowest BCUT2D eigenvalue weighted by atomic mass is 9.58. The third-order valence-corrected chi connectivity index (χ3v) is 3.28. The molecule has 0 aromatic heterocycles. The molecule has 0 aromatic carbocycles. The fraction of sp³-hybridized carbons (Fsp3) is 1.00. The maximum atomic E-state index is 5.24. The zero-order chi connectivity index (χ0) is 7.19. The van der Waals surface area contributed by atoms with Crippen molar-refractivity contribution in [1.29, 1.82) is 0 Å². The van der Waals surface area contributed by atoms with Crippen LogP contribution in [-0.4, -0.2) is 25.8 Å². The Morgan fingerprint density at radius 1 is 1.50 bits per heavy atom. The summed E-state index contributed by atoms with van der Waals surface area (Å²) in [5, 5.41) is 3.39. The molecule has 1 heterocycles. The summed E-state index contributed by atoms with van der Waals surface area (Å²) in [6.45, 7) is 3.49. The first-order chi connectivity index (χ1) is 4.77. The minimum absolute atomic E-state index is 0.560. The molecule has 1 unspecified atom stereocenters. The van der Waals surface area contributed by atoms with Gasteiger partial charge >= 0.3 is 0 Å². The van der Waals surface area contributed by atoms with Crippen LogP contribution in [0.5, 0.6) is 0 Å². The summed E-state index contributed by atoms with van der Waals surface area (Å²) in [4.78, 5) is 0. The van der Waals surface area contributed by atoms with Crippen LogP contribution in [0.15, 0.2) is 0 Å². The molecule has 0 radical (unpaired) electrons. The average Bonchev–Trinajstić information content (AvgIpc) is 1.83. The Morgan fingerprint density at radius 2 is 2.20 bits per heavy atom. The lowest BCUT2D eigenvalue weighted by Gasteiger charge is -2.58. The maximum absolute atomic E-state index is 5.24. The first kappa shape index (κ1) is 6.62. The van der Waals surface area contributed by atoms with Gasteiger partial charge in [-0.05, 0) is 19.8 Å². The zero-order valence-corrected chi connectivity index (χ0v) is 6.68. The van der Waals surface area contributed by atoms with Crippen LogP contribution in [0.1, 0.15) is 19.8 Å². The van der Waals surface area contributed by atoms with Gasteiger partial charge in [0.15, 0.2) is 0 Å². The highest BCUT2D eigenvalue weighted by Crippen LogP contribution is 2.49. The van der Waals surface area contributed by atoms with E-state index in [0.717, 1.165) is 6.04 Å². The predicted molar refractivity (Wildman–Crippen MR) is 39.9 cm³/mol. The highest BCUT2D eigenvalue weighted by atomic mass is 16.5. The number of nitrogens with one attached hydrogen (secondary N) is 1. The first-order valence-corrected chi connectivity index (χ1v) is 4.03. The SMILES string of the molecule is COC1CC2(CNC2C)C1. The third kappa shape index (κ3) is 0.663. The standard InChI is InChI=1S/C8H15NO/c1-6-8(5-9-6)3-7(4-8)10-2/h6-7,9H,3-5H2,1-2H3. The Bertz CT molecular complexity index is 140. The molecule has 2 aliphatic rings. The highest BCUT2D eigenvalue weighted by Gasteiger charge is 2.53. The molecule has 1 atom stereocenters. The van der Waals surface area contributed by atoms with E-state index in [9.17, 15) is 0 Å².